The second-order valence-corrected chi connectivity index (χ2v) is 9.25. The maximum atomic E-state index is 13.0. The quantitative estimate of drug-likeness (QED) is 0.176. The molecule has 1 heterocycles. The number of hydrogen-bond donors (Lipinski definition) is 6. The van der Waals surface area contributed by atoms with Gasteiger partial charge in [0.1, 0.15) is 18.1 Å². The molecule has 4 amide bonds. The highest BCUT2D eigenvalue weighted by atomic mass is 32.2. The van der Waals surface area contributed by atoms with E-state index in [4.69, 9.17) is 5.73 Å². The monoisotopic (exact) mass is 487 g/mol. The van der Waals surface area contributed by atoms with E-state index in [0.717, 1.165) is 13.0 Å². The van der Waals surface area contributed by atoms with E-state index in [1.54, 1.807) is 13.8 Å². The number of nitrogens with one attached hydrogen (secondary N) is 4. The number of aliphatic carboxylic acids is 1. The van der Waals surface area contributed by atoms with Gasteiger partial charge in [0.05, 0.1) is 6.04 Å². The van der Waals surface area contributed by atoms with E-state index in [0.29, 0.717) is 25.0 Å². The number of carboxylic acid groups (broad SMARTS) is 1. The zero-order valence-corrected chi connectivity index (χ0v) is 20.3. The third-order valence-corrected chi connectivity index (χ3v) is 6.35. The summed E-state index contributed by atoms with van der Waals surface area (Å²) >= 11 is 1.51. The van der Waals surface area contributed by atoms with Crippen LogP contribution in [-0.2, 0) is 24.0 Å². The normalized spacial score (nSPS) is 19.1. The van der Waals surface area contributed by atoms with Crippen LogP contribution in [0.25, 0.3) is 0 Å². The van der Waals surface area contributed by atoms with Crippen LogP contribution >= 0.6 is 11.8 Å². The summed E-state index contributed by atoms with van der Waals surface area (Å²) < 4.78 is 0. The van der Waals surface area contributed by atoms with Gasteiger partial charge in [-0.2, -0.15) is 11.8 Å². The van der Waals surface area contributed by atoms with Crippen molar-refractivity contribution < 1.29 is 29.1 Å². The third-order valence-electron chi connectivity index (χ3n) is 5.71. The minimum atomic E-state index is -1.19. The van der Waals surface area contributed by atoms with Crippen LogP contribution in [0.15, 0.2) is 0 Å². The molecule has 7 N–H and O–H groups in total. The lowest BCUT2D eigenvalue weighted by atomic mass is 9.98. The molecule has 1 aliphatic rings. The van der Waals surface area contributed by atoms with Crippen molar-refractivity contribution in [3.05, 3.63) is 0 Å². The van der Waals surface area contributed by atoms with Crippen LogP contribution in [0.5, 0.6) is 0 Å². The SMILES string of the molecule is CCC(C)C(NC(=O)C(CCC(N)=O)NC(=O)C(CCSC)NC(=O)C1CCCN1)C(=O)O. The number of thioether (sulfide) groups is 1. The van der Waals surface area contributed by atoms with E-state index in [1.807, 2.05) is 6.26 Å². The molecule has 12 heteroatoms. The van der Waals surface area contributed by atoms with Crippen molar-refractivity contribution in [3.8, 4) is 0 Å². The molecular formula is C21H37N5O6S. The van der Waals surface area contributed by atoms with Crippen LogP contribution in [0.4, 0.5) is 0 Å². The number of carboxylic acids is 1. The van der Waals surface area contributed by atoms with Gasteiger partial charge in [0.2, 0.25) is 23.6 Å². The maximum Gasteiger partial charge on any atom is 0.326 e. The van der Waals surface area contributed by atoms with Gasteiger partial charge < -0.3 is 32.1 Å². The van der Waals surface area contributed by atoms with Crippen molar-refractivity contribution in [2.24, 2.45) is 11.7 Å². The van der Waals surface area contributed by atoms with Crippen molar-refractivity contribution in [1.29, 1.82) is 0 Å². The number of carbonyl (C=O) groups excluding carboxylic acids is 4. The first-order valence-electron chi connectivity index (χ1n) is 11.2. The summed E-state index contributed by atoms with van der Waals surface area (Å²) in [4.78, 5) is 61.2. The second-order valence-electron chi connectivity index (χ2n) is 8.27. The first kappa shape index (κ1) is 28.7. The van der Waals surface area contributed by atoms with Gasteiger partial charge >= 0.3 is 5.97 Å². The van der Waals surface area contributed by atoms with Gasteiger partial charge in [-0.1, -0.05) is 20.3 Å². The van der Waals surface area contributed by atoms with Crippen molar-refractivity contribution in [2.75, 3.05) is 18.6 Å². The predicted octanol–water partition coefficient (Wildman–Crippen LogP) is -0.658. The Morgan fingerprint density at radius 1 is 1.09 bits per heavy atom. The van der Waals surface area contributed by atoms with E-state index >= 15 is 0 Å². The molecule has 5 atom stereocenters. The number of primary amides is 1. The molecule has 1 saturated heterocycles. The van der Waals surface area contributed by atoms with Crippen molar-refractivity contribution >= 4 is 41.4 Å². The average Bonchev–Trinajstić information content (AvgIpc) is 3.31. The highest BCUT2D eigenvalue weighted by Crippen LogP contribution is 2.11. The van der Waals surface area contributed by atoms with Crippen LogP contribution in [-0.4, -0.2) is 77.4 Å². The summed E-state index contributed by atoms with van der Waals surface area (Å²) in [6.45, 7) is 4.23. The van der Waals surface area contributed by atoms with Gasteiger partial charge in [0, 0.05) is 6.42 Å². The fraction of sp³-hybridized carbons (Fsp3) is 0.762. The number of rotatable bonds is 15. The molecule has 0 aliphatic carbocycles. The van der Waals surface area contributed by atoms with E-state index < -0.39 is 41.8 Å². The number of amides is 4. The smallest absolute Gasteiger partial charge is 0.326 e. The summed E-state index contributed by atoms with van der Waals surface area (Å²) in [7, 11) is 0. The fourth-order valence-corrected chi connectivity index (χ4v) is 3.92. The molecule has 1 rings (SSSR count). The predicted molar refractivity (Wildman–Crippen MR) is 125 cm³/mol. The van der Waals surface area contributed by atoms with E-state index in [-0.39, 0.29) is 30.7 Å². The molecule has 188 valence electrons. The minimum absolute atomic E-state index is 0.0902. The molecule has 5 unspecified atom stereocenters. The number of hydrogen-bond acceptors (Lipinski definition) is 7. The molecule has 0 bridgehead atoms. The van der Waals surface area contributed by atoms with Crippen LogP contribution in [0.3, 0.4) is 0 Å². The first-order chi connectivity index (χ1) is 15.6. The van der Waals surface area contributed by atoms with Gasteiger partial charge in [0.15, 0.2) is 0 Å². The van der Waals surface area contributed by atoms with Gasteiger partial charge in [-0.3, -0.25) is 19.2 Å². The lowest BCUT2D eigenvalue weighted by molar-refractivity contribution is -0.144. The highest BCUT2D eigenvalue weighted by molar-refractivity contribution is 7.98. The van der Waals surface area contributed by atoms with E-state index in [9.17, 15) is 29.1 Å². The molecular weight excluding hydrogens is 450 g/mol. The molecule has 1 fully saturated rings. The number of nitrogens with two attached hydrogens (primary N) is 1. The van der Waals surface area contributed by atoms with E-state index in [2.05, 4.69) is 21.3 Å². The Labute approximate surface area is 198 Å². The van der Waals surface area contributed by atoms with Crippen LogP contribution in [0, 0.1) is 5.92 Å². The summed E-state index contributed by atoms with van der Waals surface area (Å²) in [6, 6.07) is -3.55. The molecule has 0 aromatic carbocycles. The Morgan fingerprint density at radius 3 is 2.24 bits per heavy atom. The summed E-state index contributed by atoms with van der Waals surface area (Å²) in [5.41, 5.74) is 5.21. The molecule has 33 heavy (non-hydrogen) atoms. The Balaban J connectivity index is 2.94. The molecule has 0 aromatic heterocycles. The zero-order chi connectivity index (χ0) is 25.0. The Hall–Kier alpha value is -2.34. The molecule has 1 aliphatic heterocycles. The largest absolute Gasteiger partial charge is 0.480 e. The van der Waals surface area contributed by atoms with Gasteiger partial charge in [-0.05, 0) is 50.2 Å². The highest BCUT2D eigenvalue weighted by Gasteiger charge is 2.32. The molecule has 0 aromatic rings. The first-order valence-corrected chi connectivity index (χ1v) is 12.6. The van der Waals surface area contributed by atoms with Gasteiger partial charge in [-0.15, -0.1) is 0 Å². The standard InChI is InChI=1S/C21H37N5O6S/c1-4-12(2)17(21(31)32)26-20(30)14(7-8-16(22)27)24-19(29)15(9-11-33-3)25-18(28)13-6-5-10-23-13/h12-15,17,23H,4-11H2,1-3H3,(H2,22,27)(H,24,29)(H,25,28)(H,26,30)(H,31,32). The van der Waals surface area contributed by atoms with Crippen LogP contribution < -0.4 is 27.0 Å². The zero-order valence-electron chi connectivity index (χ0n) is 19.5. The Morgan fingerprint density at radius 2 is 1.73 bits per heavy atom. The van der Waals surface area contributed by atoms with E-state index in [1.165, 1.54) is 11.8 Å². The molecule has 11 nitrogen and oxygen atoms in total. The summed E-state index contributed by atoms with van der Waals surface area (Å²) in [5.74, 6) is -3.16. The number of carbonyl (C=O) groups is 5. The Bertz CT molecular complexity index is 701. The maximum absolute atomic E-state index is 13.0. The molecule has 0 spiro atoms. The van der Waals surface area contributed by atoms with Gasteiger partial charge in [0.25, 0.3) is 0 Å². The van der Waals surface area contributed by atoms with Crippen molar-refractivity contribution in [3.63, 3.8) is 0 Å². The molecule has 0 radical (unpaired) electrons. The average molecular weight is 488 g/mol. The second kappa shape index (κ2) is 14.7. The summed E-state index contributed by atoms with van der Waals surface area (Å²) in [6.07, 6.45) is 4.03. The molecule has 0 saturated carbocycles. The lowest BCUT2D eigenvalue weighted by Gasteiger charge is -2.26. The van der Waals surface area contributed by atoms with Gasteiger partial charge in [-0.25, -0.2) is 4.79 Å². The topological polar surface area (TPSA) is 180 Å². The minimum Gasteiger partial charge on any atom is -0.480 e. The third kappa shape index (κ3) is 9.99. The van der Waals surface area contributed by atoms with Crippen molar-refractivity contribution in [1.82, 2.24) is 21.3 Å². The lowest BCUT2D eigenvalue weighted by Crippen LogP contribution is -2.57. The van der Waals surface area contributed by atoms with Crippen LogP contribution in [0.2, 0.25) is 0 Å². The van der Waals surface area contributed by atoms with Crippen molar-refractivity contribution in [2.45, 2.75) is 76.5 Å². The van der Waals surface area contributed by atoms with Crippen LogP contribution in [0.1, 0.15) is 52.4 Å². The fourth-order valence-electron chi connectivity index (χ4n) is 3.45. The Kier molecular flexibility index (Phi) is 12.8. The summed E-state index contributed by atoms with van der Waals surface area (Å²) in [5, 5.41) is 20.3.